The normalized spacial score (nSPS) is 10.6. The molecule has 3 rings (SSSR count). The topological polar surface area (TPSA) is 49.8 Å². The summed E-state index contributed by atoms with van der Waals surface area (Å²) in [6, 6.07) is 14.2. The van der Waals surface area contributed by atoms with Gasteiger partial charge in [0.1, 0.15) is 11.6 Å². The summed E-state index contributed by atoms with van der Waals surface area (Å²) >= 11 is 6.15. The lowest BCUT2D eigenvalue weighted by Crippen LogP contribution is -2.07. The lowest BCUT2D eigenvalue weighted by Gasteiger charge is -2.11. The van der Waals surface area contributed by atoms with Crippen LogP contribution in [0.5, 0.6) is 0 Å². The van der Waals surface area contributed by atoms with Gasteiger partial charge in [-0.25, -0.2) is 9.37 Å². The Kier molecular flexibility index (Phi) is 5.14. The maximum atomic E-state index is 13.7. The van der Waals surface area contributed by atoms with Crippen LogP contribution in [-0.2, 0) is 6.54 Å². The largest absolute Gasteiger partial charge is 0.350 e. The van der Waals surface area contributed by atoms with Crippen molar-refractivity contribution in [1.82, 2.24) is 9.97 Å². The molecule has 6 heteroatoms. The van der Waals surface area contributed by atoms with Gasteiger partial charge in [-0.15, -0.1) is 0 Å². The standard InChI is InChI=1S/C19H18ClFN4/c1-12-7-8-15(10-16(12)20)24-18-9-13(2)23-19(25-18)22-11-14-5-3-4-6-17(14)21/h3-10H,11H2,1-2H3,(H2,22,23,24,25). The van der Waals surface area contributed by atoms with Gasteiger partial charge in [0.05, 0.1) is 0 Å². The molecule has 1 heterocycles. The Hall–Kier alpha value is -2.66. The van der Waals surface area contributed by atoms with Gasteiger partial charge in [0.15, 0.2) is 0 Å². The van der Waals surface area contributed by atoms with Crippen LogP contribution in [0, 0.1) is 19.7 Å². The number of aromatic nitrogens is 2. The minimum atomic E-state index is -0.254. The van der Waals surface area contributed by atoms with Crippen LogP contribution in [0.15, 0.2) is 48.5 Å². The van der Waals surface area contributed by atoms with Gasteiger partial charge in [0.25, 0.3) is 0 Å². The van der Waals surface area contributed by atoms with Gasteiger partial charge in [-0.05, 0) is 37.6 Å². The van der Waals surface area contributed by atoms with Crippen LogP contribution < -0.4 is 10.6 Å². The highest BCUT2D eigenvalue weighted by molar-refractivity contribution is 6.31. The molecule has 0 unspecified atom stereocenters. The first-order chi connectivity index (χ1) is 12.0. The van der Waals surface area contributed by atoms with E-state index in [0.717, 1.165) is 16.9 Å². The van der Waals surface area contributed by atoms with Gasteiger partial charge >= 0.3 is 0 Å². The van der Waals surface area contributed by atoms with Gasteiger partial charge in [-0.1, -0.05) is 35.9 Å². The first-order valence-electron chi connectivity index (χ1n) is 7.87. The van der Waals surface area contributed by atoms with Crippen LogP contribution in [0.25, 0.3) is 0 Å². The molecule has 2 N–H and O–H groups in total. The Labute approximate surface area is 151 Å². The molecule has 4 nitrogen and oxygen atoms in total. The van der Waals surface area contributed by atoms with E-state index in [9.17, 15) is 4.39 Å². The van der Waals surface area contributed by atoms with Crippen molar-refractivity contribution in [2.24, 2.45) is 0 Å². The predicted octanol–water partition coefficient (Wildman–Crippen LogP) is 5.24. The molecule has 0 amide bonds. The Bertz CT molecular complexity index is 898. The van der Waals surface area contributed by atoms with Crippen LogP contribution in [0.1, 0.15) is 16.8 Å². The zero-order valence-electron chi connectivity index (χ0n) is 14.0. The number of aryl methyl sites for hydroxylation is 2. The van der Waals surface area contributed by atoms with Gasteiger partial charge in [-0.2, -0.15) is 4.98 Å². The number of hydrogen-bond donors (Lipinski definition) is 2. The average molecular weight is 357 g/mol. The van der Waals surface area contributed by atoms with E-state index in [2.05, 4.69) is 20.6 Å². The first-order valence-corrected chi connectivity index (χ1v) is 8.25. The minimum Gasteiger partial charge on any atom is -0.350 e. The molecule has 3 aromatic rings. The highest BCUT2D eigenvalue weighted by Gasteiger charge is 2.06. The summed E-state index contributed by atoms with van der Waals surface area (Å²) in [7, 11) is 0. The van der Waals surface area contributed by atoms with E-state index in [0.29, 0.717) is 28.9 Å². The SMILES string of the molecule is Cc1cc(Nc2ccc(C)c(Cl)c2)nc(NCc2ccccc2F)n1. The van der Waals surface area contributed by atoms with Crippen LogP contribution in [0.2, 0.25) is 5.02 Å². The van der Waals surface area contributed by atoms with Gasteiger partial charge in [-0.3, -0.25) is 0 Å². The molecule has 0 aliphatic carbocycles. The van der Waals surface area contributed by atoms with Crippen molar-refractivity contribution in [3.8, 4) is 0 Å². The highest BCUT2D eigenvalue weighted by Crippen LogP contribution is 2.23. The maximum Gasteiger partial charge on any atom is 0.225 e. The highest BCUT2D eigenvalue weighted by atomic mass is 35.5. The fourth-order valence-corrected chi connectivity index (χ4v) is 2.53. The fourth-order valence-electron chi connectivity index (χ4n) is 2.35. The van der Waals surface area contributed by atoms with Crippen LogP contribution in [0.4, 0.5) is 21.8 Å². The van der Waals surface area contributed by atoms with E-state index in [-0.39, 0.29) is 5.82 Å². The maximum absolute atomic E-state index is 13.7. The van der Waals surface area contributed by atoms with Crippen LogP contribution in [0.3, 0.4) is 0 Å². The number of nitrogens with one attached hydrogen (secondary N) is 2. The number of anilines is 3. The number of benzene rings is 2. The van der Waals surface area contributed by atoms with Crippen LogP contribution >= 0.6 is 11.6 Å². The third kappa shape index (κ3) is 4.45. The first kappa shape index (κ1) is 17.2. The van der Waals surface area contributed by atoms with Gasteiger partial charge in [0.2, 0.25) is 5.95 Å². The molecule has 0 atom stereocenters. The quantitative estimate of drug-likeness (QED) is 0.656. The molecule has 0 radical (unpaired) electrons. The second-order valence-electron chi connectivity index (χ2n) is 5.75. The van der Waals surface area contributed by atoms with E-state index in [1.54, 1.807) is 18.2 Å². The van der Waals surface area contributed by atoms with E-state index in [4.69, 9.17) is 11.6 Å². The number of halogens is 2. The van der Waals surface area contributed by atoms with E-state index in [1.807, 2.05) is 38.1 Å². The molecule has 0 saturated heterocycles. The lowest BCUT2D eigenvalue weighted by molar-refractivity contribution is 0.612. The molecule has 0 bridgehead atoms. The molecule has 0 aliphatic rings. The summed E-state index contributed by atoms with van der Waals surface area (Å²) < 4.78 is 13.7. The number of nitrogens with zero attached hydrogens (tertiary/aromatic N) is 2. The monoisotopic (exact) mass is 356 g/mol. The third-order valence-corrected chi connectivity index (χ3v) is 4.10. The Morgan fingerprint density at radius 3 is 2.60 bits per heavy atom. The zero-order valence-corrected chi connectivity index (χ0v) is 14.7. The van der Waals surface area contributed by atoms with E-state index in [1.165, 1.54) is 6.07 Å². The summed E-state index contributed by atoms with van der Waals surface area (Å²) in [6.07, 6.45) is 0. The minimum absolute atomic E-state index is 0.254. The molecule has 25 heavy (non-hydrogen) atoms. The lowest BCUT2D eigenvalue weighted by atomic mass is 10.2. The Morgan fingerprint density at radius 1 is 1.04 bits per heavy atom. The zero-order chi connectivity index (χ0) is 17.8. The summed E-state index contributed by atoms with van der Waals surface area (Å²) in [6.45, 7) is 4.14. The van der Waals surface area contributed by atoms with E-state index >= 15 is 0 Å². The Balaban J connectivity index is 1.76. The van der Waals surface area contributed by atoms with Gasteiger partial charge in [0, 0.05) is 34.6 Å². The second kappa shape index (κ2) is 7.49. The third-order valence-electron chi connectivity index (χ3n) is 3.69. The summed E-state index contributed by atoms with van der Waals surface area (Å²) in [5, 5.41) is 6.96. The number of rotatable bonds is 5. The molecule has 0 saturated carbocycles. The smallest absolute Gasteiger partial charge is 0.225 e. The van der Waals surface area contributed by atoms with Crippen molar-refractivity contribution in [1.29, 1.82) is 0 Å². The Morgan fingerprint density at radius 2 is 1.84 bits per heavy atom. The van der Waals surface area contributed by atoms with Crippen molar-refractivity contribution in [2.45, 2.75) is 20.4 Å². The molecule has 0 aliphatic heterocycles. The molecule has 2 aromatic carbocycles. The molecule has 0 spiro atoms. The molecule has 0 fully saturated rings. The van der Waals surface area contributed by atoms with Crippen LogP contribution in [-0.4, -0.2) is 9.97 Å². The van der Waals surface area contributed by atoms with Crippen molar-refractivity contribution in [3.05, 3.63) is 76.2 Å². The molecular weight excluding hydrogens is 339 g/mol. The summed E-state index contributed by atoms with van der Waals surface area (Å²) in [4.78, 5) is 8.77. The van der Waals surface area contributed by atoms with Crippen molar-refractivity contribution in [2.75, 3.05) is 10.6 Å². The van der Waals surface area contributed by atoms with Crippen molar-refractivity contribution in [3.63, 3.8) is 0 Å². The summed E-state index contributed by atoms with van der Waals surface area (Å²) in [5.41, 5.74) is 3.21. The average Bonchev–Trinajstić information content (AvgIpc) is 2.57. The van der Waals surface area contributed by atoms with Crippen molar-refractivity contribution >= 4 is 29.1 Å². The summed E-state index contributed by atoms with van der Waals surface area (Å²) in [5.74, 6) is 0.822. The molecular formula is C19H18ClFN4. The molecule has 1 aromatic heterocycles. The molecule has 128 valence electrons. The van der Waals surface area contributed by atoms with E-state index < -0.39 is 0 Å². The van der Waals surface area contributed by atoms with Gasteiger partial charge < -0.3 is 10.6 Å². The number of hydrogen-bond acceptors (Lipinski definition) is 4. The predicted molar refractivity (Wildman–Crippen MR) is 100.0 cm³/mol. The van der Waals surface area contributed by atoms with Crippen molar-refractivity contribution < 1.29 is 4.39 Å². The second-order valence-corrected chi connectivity index (χ2v) is 6.16. The fraction of sp³-hybridized carbons (Fsp3) is 0.158.